The number of furan rings is 1. The van der Waals surface area contributed by atoms with Crippen LogP contribution < -0.4 is 0 Å². The summed E-state index contributed by atoms with van der Waals surface area (Å²) in [5, 5.41) is 11.0. The molecule has 1 saturated carbocycles. The van der Waals surface area contributed by atoms with E-state index in [0.717, 1.165) is 23.3 Å². The minimum Gasteiger partial charge on any atom is -0.508 e. The fraction of sp³-hybridized carbons (Fsp3) is 0.579. The van der Waals surface area contributed by atoms with E-state index < -0.39 is 0 Å². The van der Waals surface area contributed by atoms with Crippen LogP contribution in [0.4, 0.5) is 0 Å². The van der Waals surface area contributed by atoms with Crippen molar-refractivity contribution in [2.45, 2.75) is 57.0 Å². The minimum absolute atomic E-state index is 0.346. The maximum absolute atomic E-state index is 9.88. The summed E-state index contributed by atoms with van der Waals surface area (Å²) < 4.78 is 6.32. The van der Waals surface area contributed by atoms with E-state index in [2.05, 4.69) is 11.8 Å². The molecule has 0 spiro atoms. The Morgan fingerprint density at radius 1 is 1.32 bits per heavy atom. The molecule has 2 aromatic rings. The van der Waals surface area contributed by atoms with E-state index in [0.29, 0.717) is 23.8 Å². The van der Waals surface area contributed by atoms with Gasteiger partial charge >= 0.3 is 0 Å². The molecule has 1 aliphatic carbocycles. The third kappa shape index (κ3) is 1.66. The zero-order valence-electron chi connectivity index (χ0n) is 13.1. The van der Waals surface area contributed by atoms with Crippen molar-refractivity contribution in [2.75, 3.05) is 6.54 Å². The van der Waals surface area contributed by atoms with Crippen molar-refractivity contribution < 1.29 is 9.52 Å². The van der Waals surface area contributed by atoms with Crippen molar-refractivity contribution in [1.82, 2.24) is 4.90 Å². The van der Waals surface area contributed by atoms with Gasteiger partial charge in [0.25, 0.3) is 0 Å². The van der Waals surface area contributed by atoms with E-state index in [-0.39, 0.29) is 0 Å². The van der Waals surface area contributed by atoms with Gasteiger partial charge in [0.2, 0.25) is 0 Å². The molecule has 1 N–H and O–H groups in total. The predicted molar refractivity (Wildman–Crippen MR) is 86.2 cm³/mol. The highest BCUT2D eigenvalue weighted by Crippen LogP contribution is 2.50. The average Bonchev–Trinajstić information content (AvgIpc) is 2.86. The van der Waals surface area contributed by atoms with Crippen LogP contribution >= 0.6 is 0 Å². The van der Waals surface area contributed by atoms with Crippen molar-refractivity contribution in [3.63, 3.8) is 0 Å². The molecule has 3 nitrogen and oxygen atoms in total. The summed E-state index contributed by atoms with van der Waals surface area (Å²) in [5.41, 5.74) is 2.32. The molecule has 2 saturated heterocycles. The Balaban J connectivity index is 1.73. The number of hydrogen-bond donors (Lipinski definition) is 1. The van der Waals surface area contributed by atoms with Gasteiger partial charge in [0, 0.05) is 35.5 Å². The zero-order valence-corrected chi connectivity index (χ0v) is 13.1. The normalized spacial score (nSPS) is 36.3. The SMILES string of the molecule is CC[C@H]1Cc2c(oc3ccc(O)cc23)[C@@H]2CC3CCC2N1C3. The molecule has 5 atom stereocenters. The maximum Gasteiger partial charge on any atom is 0.134 e. The quantitative estimate of drug-likeness (QED) is 0.863. The molecule has 4 aliphatic rings. The van der Waals surface area contributed by atoms with Crippen molar-refractivity contribution in [3.05, 3.63) is 29.5 Å². The lowest BCUT2D eigenvalue weighted by atomic mass is 9.71. The number of fused-ring (bicyclic) bond motifs is 4. The lowest BCUT2D eigenvalue weighted by Crippen LogP contribution is -2.55. The summed E-state index contributed by atoms with van der Waals surface area (Å²) in [5.74, 6) is 2.99. The molecule has 3 heteroatoms. The highest BCUT2D eigenvalue weighted by molar-refractivity contribution is 5.84. The van der Waals surface area contributed by atoms with E-state index in [4.69, 9.17) is 4.42 Å². The van der Waals surface area contributed by atoms with Crippen molar-refractivity contribution in [2.24, 2.45) is 5.92 Å². The van der Waals surface area contributed by atoms with Crippen molar-refractivity contribution in [3.8, 4) is 5.75 Å². The summed E-state index contributed by atoms with van der Waals surface area (Å²) in [7, 11) is 0. The number of rotatable bonds is 1. The second-order valence-electron chi connectivity index (χ2n) is 7.44. The average molecular weight is 297 g/mol. The van der Waals surface area contributed by atoms with Gasteiger partial charge in [-0.05, 0) is 56.2 Å². The molecule has 22 heavy (non-hydrogen) atoms. The fourth-order valence-electron chi connectivity index (χ4n) is 5.34. The number of aromatic hydroxyl groups is 1. The molecule has 3 aliphatic heterocycles. The molecular weight excluding hydrogens is 274 g/mol. The van der Waals surface area contributed by atoms with Crippen molar-refractivity contribution >= 4 is 11.0 Å². The van der Waals surface area contributed by atoms with E-state index in [1.165, 1.54) is 43.6 Å². The van der Waals surface area contributed by atoms with Gasteiger partial charge in [0.15, 0.2) is 0 Å². The highest BCUT2D eigenvalue weighted by atomic mass is 16.3. The van der Waals surface area contributed by atoms with Gasteiger partial charge in [-0.15, -0.1) is 0 Å². The second-order valence-corrected chi connectivity index (χ2v) is 7.44. The molecule has 4 bridgehead atoms. The molecule has 116 valence electrons. The lowest BCUT2D eigenvalue weighted by Gasteiger charge is -2.51. The summed E-state index contributed by atoms with van der Waals surface area (Å²) in [4.78, 5) is 2.78. The molecule has 0 radical (unpaired) electrons. The topological polar surface area (TPSA) is 36.6 Å². The van der Waals surface area contributed by atoms with Crippen LogP contribution in [0.3, 0.4) is 0 Å². The van der Waals surface area contributed by atoms with Crippen LogP contribution in [0.2, 0.25) is 0 Å². The van der Waals surface area contributed by atoms with E-state index >= 15 is 0 Å². The van der Waals surface area contributed by atoms with Gasteiger partial charge in [-0.2, -0.15) is 0 Å². The summed E-state index contributed by atoms with van der Waals surface area (Å²) >= 11 is 0. The Labute approximate surface area is 130 Å². The van der Waals surface area contributed by atoms with Crippen molar-refractivity contribution in [1.29, 1.82) is 0 Å². The Hall–Kier alpha value is -1.48. The number of phenolic OH excluding ortho intramolecular Hbond substituents is 1. The molecule has 3 fully saturated rings. The molecule has 1 aromatic heterocycles. The lowest BCUT2D eigenvalue weighted by molar-refractivity contribution is -0.00184. The first-order valence-electron chi connectivity index (χ1n) is 8.74. The smallest absolute Gasteiger partial charge is 0.134 e. The monoisotopic (exact) mass is 297 g/mol. The molecule has 0 amide bonds. The van der Waals surface area contributed by atoms with E-state index in [9.17, 15) is 5.11 Å². The van der Waals surface area contributed by atoms with Crippen LogP contribution in [-0.4, -0.2) is 28.6 Å². The summed E-state index contributed by atoms with van der Waals surface area (Å²) in [6.45, 7) is 3.60. The number of nitrogens with zero attached hydrogens (tertiary/aromatic N) is 1. The molecule has 6 rings (SSSR count). The summed E-state index contributed by atoms with van der Waals surface area (Å²) in [6, 6.07) is 6.86. The summed E-state index contributed by atoms with van der Waals surface area (Å²) in [6.07, 6.45) is 6.28. The Morgan fingerprint density at radius 3 is 3.05 bits per heavy atom. The van der Waals surface area contributed by atoms with Gasteiger partial charge < -0.3 is 9.52 Å². The van der Waals surface area contributed by atoms with Crippen LogP contribution in [0.5, 0.6) is 5.75 Å². The van der Waals surface area contributed by atoms with Crippen LogP contribution in [0, 0.1) is 5.92 Å². The Kier molecular flexibility index (Phi) is 2.67. The highest BCUT2D eigenvalue weighted by Gasteiger charge is 2.47. The standard InChI is InChI=1S/C19H23NO2/c1-2-12-8-15-14-9-13(21)4-6-18(14)22-19(15)16-7-11-3-5-17(16)20(12)10-11/h4,6,9,11-12,16-17,21H,2-3,5,7-8,10H2,1H3/t11?,12-,16+,17?/m0/s1. The zero-order chi connectivity index (χ0) is 14.8. The van der Waals surface area contributed by atoms with Crippen LogP contribution in [-0.2, 0) is 6.42 Å². The maximum atomic E-state index is 9.88. The number of piperidine rings is 2. The Bertz CT molecular complexity index is 734. The molecule has 1 aromatic carbocycles. The van der Waals surface area contributed by atoms with Gasteiger partial charge in [-0.1, -0.05) is 6.92 Å². The van der Waals surface area contributed by atoms with Crippen LogP contribution in [0.1, 0.15) is 49.8 Å². The first-order valence-corrected chi connectivity index (χ1v) is 8.74. The molecule has 3 unspecified atom stereocenters. The van der Waals surface area contributed by atoms with Gasteiger partial charge in [0.05, 0.1) is 0 Å². The van der Waals surface area contributed by atoms with E-state index in [1.54, 1.807) is 6.07 Å². The molecular formula is C19H23NO2. The van der Waals surface area contributed by atoms with Crippen LogP contribution in [0.15, 0.2) is 22.6 Å². The predicted octanol–water partition coefficient (Wildman–Crippen LogP) is 4.04. The van der Waals surface area contributed by atoms with E-state index in [1.807, 2.05) is 12.1 Å². The number of benzene rings is 1. The van der Waals surface area contributed by atoms with Crippen LogP contribution in [0.25, 0.3) is 11.0 Å². The first kappa shape index (κ1) is 13.0. The first-order chi connectivity index (χ1) is 10.7. The second kappa shape index (κ2) is 4.51. The minimum atomic E-state index is 0.346. The van der Waals surface area contributed by atoms with Gasteiger partial charge in [-0.25, -0.2) is 0 Å². The number of hydrogen-bond acceptors (Lipinski definition) is 3. The third-order valence-corrected chi connectivity index (χ3v) is 6.34. The fourth-order valence-corrected chi connectivity index (χ4v) is 5.34. The molecule has 4 heterocycles. The van der Waals surface area contributed by atoms with Gasteiger partial charge in [0.1, 0.15) is 17.1 Å². The largest absolute Gasteiger partial charge is 0.508 e. The van der Waals surface area contributed by atoms with Gasteiger partial charge in [-0.3, -0.25) is 4.90 Å². The Morgan fingerprint density at radius 2 is 2.23 bits per heavy atom. The number of phenols is 1. The third-order valence-electron chi connectivity index (χ3n) is 6.34.